The molecule has 0 amide bonds. The van der Waals surface area contributed by atoms with Crippen molar-refractivity contribution in [3.63, 3.8) is 0 Å². The third kappa shape index (κ3) is 7.02. The van der Waals surface area contributed by atoms with Crippen LogP contribution in [0, 0.1) is 11.7 Å². The highest BCUT2D eigenvalue weighted by Gasteiger charge is 2.27. The van der Waals surface area contributed by atoms with Crippen molar-refractivity contribution in [1.82, 2.24) is 10.6 Å². The van der Waals surface area contributed by atoms with Gasteiger partial charge in [-0.15, -0.1) is 24.0 Å². The van der Waals surface area contributed by atoms with Gasteiger partial charge in [0.1, 0.15) is 5.82 Å². The normalized spacial score (nSPS) is 20.1. The number of guanidine groups is 1. The van der Waals surface area contributed by atoms with Gasteiger partial charge in [-0.3, -0.25) is 9.79 Å². The molecule has 0 aromatic heterocycles. The zero-order valence-corrected chi connectivity index (χ0v) is 19.0. The molecule has 26 heavy (non-hydrogen) atoms. The number of carbonyl (C=O) groups is 1. The van der Waals surface area contributed by atoms with Gasteiger partial charge in [0.25, 0.3) is 0 Å². The van der Waals surface area contributed by atoms with Crippen LogP contribution in [0.2, 0.25) is 0 Å². The van der Waals surface area contributed by atoms with Gasteiger partial charge in [0, 0.05) is 19.6 Å². The zero-order valence-electron chi connectivity index (χ0n) is 15.1. The summed E-state index contributed by atoms with van der Waals surface area (Å²) in [5.74, 6) is 0.335. The second kappa shape index (κ2) is 11.7. The lowest BCUT2D eigenvalue weighted by molar-refractivity contribution is -0.149. The number of halogens is 3. The smallest absolute Gasteiger partial charge is 0.308 e. The lowest BCUT2D eigenvalue weighted by atomic mass is 9.86. The van der Waals surface area contributed by atoms with Crippen LogP contribution in [0.1, 0.15) is 38.2 Å². The molecule has 8 heteroatoms. The molecule has 1 saturated carbocycles. The van der Waals surface area contributed by atoms with E-state index >= 15 is 0 Å². The Bertz CT molecular complexity index is 622. The topological polar surface area (TPSA) is 62.7 Å². The molecule has 0 aliphatic heterocycles. The van der Waals surface area contributed by atoms with Crippen LogP contribution in [-0.4, -0.2) is 31.6 Å². The molecule has 2 N–H and O–H groups in total. The van der Waals surface area contributed by atoms with Crippen LogP contribution in [0.4, 0.5) is 4.39 Å². The molecule has 0 bridgehead atoms. The van der Waals surface area contributed by atoms with Gasteiger partial charge < -0.3 is 15.4 Å². The maximum Gasteiger partial charge on any atom is 0.308 e. The molecule has 1 fully saturated rings. The van der Waals surface area contributed by atoms with E-state index < -0.39 is 0 Å². The molecule has 2 rings (SSSR count). The highest BCUT2D eigenvalue weighted by atomic mass is 127. The van der Waals surface area contributed by atoms with Gasteiger partial charge in [-0.1, -0.05) is 6.07 Å². The molecule has 0 unspecified atom stereocenters. The van der Waals surface area contributed by atoms with Crippen molar-refractivity contribution in [2.45, 2.75) is 45.2 Å². The van der Waals surface area contributed by atoms with E-state index in [1.807, 2.05) is 13.0 Å². The molecule has 0 atom stereocenters. The molecule has 1 aromatic rings. The molecule has 0 radical (unpaired) electrons. The minimum atomic E-state index is -0.278. The van der Waals surface area contributed by atoms with Crippen LogP contribution in [0.15, 0.2) is 27.7 Å². The summed E-state index contributed by atoms with van der Waals surface area (Å²) in [6.07, 6.45) is 3.45. The van der Waals surface area contributed by atoms with Gasteiger partial charge >= 0.3 is 5.97 Å². The second-order valence-corrected chi connectivity index (χ2v) is 6.97. The van der Waals surface area contributed by atoms with Crippen molar-refractivity contribution in [2.75, 3.05) is 13.7 Å². The maximum absolute atomic E-state index is 13.6. The Hall–Kier alpha value is -0.900. The Morgan fingerprint density at radius 3 is 2.62 bits per heavy atom. The summed E-state index contributed by atoms with van der Waals surface area (Å²) < 4.78 is 19.1. The summed E-state index contributed by atoms with van der Waals surface area (Å²) in [4.78, 5) is 16.0. The van der Waals surface area contributed by atoms with E-state index in [1.54, 1.807) is 13.1 Å². The number of rotatable bonds is 5. The number of hydrogen-bond donors (Lipinski definition) is 2. The van der Waals surface area contributed by atoms with Crippen LogP contribution in [0.25, 0.3) is 0 Å². The molecule has 1 aromatic carbocycles. The summed E-state index contributed by atoms with van der Waals surface area (Å²) in [5, 5.41) is 6.58. The monoisotopic (exact) mass is 541 g/mol. The summed E-state index contributed by atoms with van der Waals surface area (Å²) in [6, 6.07) is 5.32. The largest absolute Gasteiger partial charge is 0.466 e. The Morgan fingerprint density at radius 1 is 1.35 bits per heavy atom. The van der Waals surface area contributed by atoms with E-state index in [2.05, 4.69) is 31.6 Å². The number of ether oxygens (including phenoxy) is 1. The summed E-state index contributed by atoms with van der Waals surface area (Å²) >= 11 is 3.15. The third-order valence-electron chi connectivity index (χ3n) is 4.36. The Balaban J connectivity index is 0.00000338. The first-order valence-electron chi connectivity index (χ1n) is 8.61. The van der Waals surface area contributed by atoms with Crippen molar-refractivity contribution in [1.29, 1.82) is 0 Å². The van der Waals surface area contributed by atoms with Gasteiger partial charge in [-0.05, 0) is 66.2 Å². The minimum absolute atomic E-state index is 0. The SMILES string of the molecule is CCOC(=O)C1CCC(NC(=NC)NCc2ccc(Br)c(F)c2)CC1.I. The van der Waals surface area contributed by atoms with Gasteiger partial charge in [0.15, 0.2) is 5.96 Å². The van der Waals surface area contributed by atoms with Gasteiger partial charge in [0.05, 0.1) is 17.0 Å². The fourth-order valence-electron chi connectivity index (χ4n) is 2.96. The van der Waals surface area contributed by atoms with Gasteiger partial charge in [-0.25, -0.2) is 4.39 Å². The number of carbonyl (C=O) groups excluding carboxylic acids is 1. The zero-order chi connectivity index (χ0) is 18.2. The Morgan fingerprint density at radius 2 is 2.04 bits per heavy atom. The lowest BCUT2D eigenvalue weighted by Gasteiger charge is -2.29. The average Bonchev–Trinajstić information content (AvgIpc) is 2.62. The summed E-state index contributed by atoms with van der Waals surface area (Å²) in [7, 11) is 1.71. The van der Waals surface area contributed by atoms with Crippen molar-refractivity contribution < 1.29 is 13.9 Å². The van der Waals surface area contributed by atoms with E-state index in [0.29, 0.717) is 23.6 Å². The maximum atomic E-state index is 13.6. The predicted molar refractivity (Wildman–Crippen MR) is 115 cm³/mol. The van der Waals surface area contributed by atoms with Crippen LogP contribution in [0.5, 0.6) is 0 Å². The molecule has 0 saturated heterocycles. The number of nitrogens with zero attached hydrogens (tertiary/aromatic N) is 1. The number of aliphatic imine (C=N–C) groups is 1. The van der Waals surface area contributed by atoms with Gasteiger partial charge in [-0.2, -0.15) is 0 Å². The van der Waals surface area contributed by atoms with Crippen LogP contribution in [-0.2, 0) is 16.1 Å². The number of benzene rings is 1. The Kier molecular flexibility index (Phi) is 10.4. The fraction of sp³-hybridized carbons (Fsp3) is 0.556. The number of hydrogen-bond acceptors (Lipinski definition) is 3. The lowest BCUT2D eigenvalue weighted by Crippen LogP contribution is -2.45. The van der Waals surface area contributed by atoms with E-state index in [9.17, 15) is 9.18 Å². The van der Waals surface area contributed by atoms with E-state index in [-0.39, 0.29) is 47.7 Å². The van der Waals surface area contributed by atoms with Crippen LogP contribution >= 0.6 is 39.9 Å². The summed E-state index contributed by atoms with van der Waals surface area (Å²) in [6.45, 7) is 2.75. The van der Waals surface area contributed by atoms with Crippen molar-refractivity contribution >= 4 is 51.8 Å². The van der Waals surface area contributed by atoms with Crippen LogP contribution in [0.3, 0.4) is 0 Å². The first kappa shape index (κ1) is 23.1. The quantitative estimate of drug-likeness (QED) is 0.256. The molecule has 0 heterocycles. The van der Waals surface area contributed by atoms with E-state index in [1.165, 1.54) is 6.07 Å². The number of nitrogens with one attached hydrogen (secondary N) is 2. The fourth-order valence-corrected chi connectivity index (χ4v) is 3.20. The average molecular weight is 542 g/mol. The molecule has 146 valence electrons. The van der Waals surface area contributed by atoms with E-state index in [0.717, 1.165) is 31.2 Å². The second-order valence-electron chi connectivity index (χ2n) is 6.12. The summed E-state index contributed by atoms with van der Waals surface area (Å²) in [5.41, 5.74) is 0.842. The minimum Gasteiger partial charge on any atom is -0.466 e. The molecular weight excluding hydrogens is 516 g/mol. The first-order chi connectivity index (χ1) is 12.0. The number of esters is 1. The van der Waals surface area contributed by atoms with Gasteiger partial charge in [0.2, 0.25) is 0 Å². The standard InChI is InChI=1S/C18H25BrFN3O2.HI/c1-3-25-17(24)13-5-7-14(8-6-13)23-18(21-2)22-11-12-4-9-15(19)16(20)10-12;/h4,9-10,13-14H,3,5-8,11H2,1-2H3,(H2,21,22,23);1H. The molecule has 1 aliphatic carbocycles. The highest BCUT2D eigenvalue weighted by molar-refractivity contribution is 14.0. The van der Waals surface area contributed by atoms with E-state index in [4.69, 9.17) is 4.74 Å². The van der Waals surface area contributed by atoms with Crippen molar-refractivity contribution in [3.8, 4) is 0 Å². The molecule has 1 aliphatic rings. The highest BCUT2D eigenvalue weighted by Crippen LogP contribution is 2.25. The first-order valence-corrected chi connectivity index (χ1v) is 9.40. The van der Waals surface area contributed by atoms with Crippen molar-refractivity contribution in [2.24, 2.45) is 10.9 Å². The van der Waals surface area contributed by atoms with Crippen molar-refractivity contribution in [3.05, 3.63) is 34.1 Å². The predicted octanol–water partition coefficient (Wildman–Crippen LogP) is 3.99. The molecular formula is C18H26BrFIN3O2. The third-order valence-corrected chi connectivity index (χ3v) is 5.00. The molecule has 5 nitrogen and oxygen atoms in total. The Labute approximate surface area is 179 Å². The van der Waals surface area contributed by atoms with Crippen LogP contribution < -0.4 is 10.6 Å². The molecule has 0 spiro atoms.